The van der Waals surface area contributed by atoms with E-state index < -0.39 is 17.6 Å². The minimum absolute atomic E-state index is 0.170. The fourth-order valence-electron chi connectivity index (χ4n) is 1.82. The predicted molar refractivity (Wildman–Crippen MR) is 89.4 cm³/mol. The first-order valence-corrected chi connectivity index (χ1v) is 7.60. The number of benzene rings is 2. The molecule has 0 aliphatic heterocycles. The molecule has 2 rings (SSSR count). The van der Waals surface area contributed by atoms with Crippen molar-refractivity contribution in [2.45, 2.75) is 6.92 Å². The van der Waals surface area contributed by atoms with Gasteiger partial charge in [0.25, 0.3) is 11.8 Å². The highest BCUT2D eigenvalue weighted by molar-refractivity contribution is 9.10. The quantitative estimate of drug-likeness (QED) is 0.715. The van der Waals surface area contributed by atoms with E-state index in [2.05, 4.69) is 32.1 Å². The maximum atomic E-state index is 13.6. The van der Waals surface area contributed by atoms with E-state index in [1.807, 2.05) is 0 Å². The zero-order valence-corrected chi connectivity index (χ0v) is 13.9. The second kappa shape index (κ2) is 7.73. The van der Waals surface area contributed by atoms with Crippen molar-refractivity contribution in [2.24, 2.45) is 0 Å². The molecule has 0 saturated heterocycles. The van der Waals surface area contributed by atoms with Gasteiger partial charge in [-0.25, -0.2) is 4.39 Å². The van der Waals surface area contributed by atoms with Crippen molar-refractivity contribution < 1.29 is 14.0 Å². The number of anilines is 1. The van der Waals surface area contributed by atoms with Crippen LogP contribution in [-0.2, 0) is 4.79 Å². The van der Waals surface area contributed by atoms with Crippen LogP contribution in [0.25, 0.3) is 0 Å². The monoisotopic (exact) mass is 379 g/mol. The molecule has 7 heteroatoms. The van der Waals surface area contributed by atoms with Gasteiger partial charge in [0.05, 0.1) is 17.8 Å². The van der Waals surface area contributed by atoms with Crippen LogP contribution in [0.2, 0.25) is 0 Å². The van der Waals surface area contributed by atoms with Gasteiger partial charge in [0.15, 0.2) is 0 Å². The van der Waals surface area contributed by atoms with Crippen molar-refractivity contribution in [1.29, 1.82) is 0 Å². The Bertz CT molecular complexity index is 737. The summed E-state index contributed by atoms with van der Waals surface area (Å²) in [4.78, 5) is 23.6. The summed E-state index contributed by atoms with van der Waals surface area (Å²) in [5.74, 6) is -1.38. The highest BCUT2D eigenvalue weighted by Gasteiger charge is 2.10. The number of amides is 2. The molecule has 0 aliphatic carbocycles. The highest BCUT2D eigenvalue weighted by Crippen LogP contribution is 2.15. The maximum Gasteiger partial charge on any atom is 0.270 e. The van der Waals surface area contributed by atoms with E-state index in [1.54, 1.807) is 43.3 Å². The average molecular weight is 380 g/mol. The summed E-state index contributed by atoms with van der Waals surface area (Å²) in [6, 6.07) is 11.5. The molecule has 0 aliphatic rings. The number of hydrazine groups is 1. The predicted octanol–water partition coefficient (Wildman–Crippen LogP) is 2.77. The Morgan fingerprint density at radius 2 is 1.87 bits per heavy atom. The summed E-state index contributed by atoms with van der Waals surface area (Å²) in [5, 5.41) is 2.67. The standard InChI is InChI=1S/C16H15BrFN3O2/c1-10-6-7-14(13(18)8-10)19-9-15(22)20-21-16(23)11-4-2-3-5-12(11)17/h2-8,19H,9H2,1H3,(H,20,22)(H,21,23). The van der Waals surface area contributed by atoms with E-state index >= 15 is 0 Å². The van der Waals surface area contributed by atoms with Gasteiger partial charge < -0.3 is 5.32 Å². The smallest absolute Gasteiger partial charge is 0.270 e. The van der Waals surface area contributed by atoms with Crippen LogP contribution >= 0.6 is 15.9 Å². The molecule has 0 aromatic heterocycles. The van der Waals surface area contributed by atoms with Crippen LogP contribution in [0.15, 0.2) is 46.9 Å². The third kappa shape index (κ3) is 4.79. The number of carbonyl (C=O) groups is 2. The maximum absolute atomic E-state index is 13.6. The molecule has 2 aromatic rings. The Morgan fingerprint density at radius 3 is 2.57 bits per heavy atom. The molecule has 0 saturated carbocycles. The molecule has 3 N–H and O–H groups in total. The van der Waals surface area contributed by atoms with Crippen LogP contribution in [0.4, 0.5) is 10.1 Å². The minimum atomic E-state index is -0.495. The van der Waals surface area contributed by atoms with Gasteiger partial charge in [-0.1, -0.05) is 18.2 Å². The third-order valence-electron chi connectivity index (χ3n) is 3.00. The Morgan fingerprint density at radius 1 is 1.13 bits per heavy atom. The number of hydrogen-bond donors (Lipinski definition) is 3. The average Bonchev–Trinajstić information content (AvgIpc) is 2.52. The first-order valence-electron chi connectivity index (χ1n) is 6.81. The van der Waals surface area contributed by atoms with E-state index in [-0.39, 0.29) is 12.2 Å². The van der Waals surface area contributed by atoms with Crippen LogP contribution < -0.4 is 16.2 Å². The fourth-order valence-corrected chi connectivity index (χ4v) is 2.29. The molecule has 0 unspecified atom stereocenters. The van der Waals surface area contributed by atoms with Crippen LogP contribution in [0.5, 0.6) is 0 Å². The van der Waals surface area contributed by atoms with Gasteiger partial charge in [-0.05, 0) is 52.7 Å². The van der Waals surface area contributed by atoms with Crippen molar-refractivity contribution in [2.75, 3.05) is 11.9 Å². The van der Waals surface area contributed by atoms with Gasteiger partial charge in [-0.15, -0.1) is 0 Å². The SMILES string of the molecule is Cc1ccc(NCC(=O)NNC(=O)c2ccccc2Br)c(F)c1. The molecule has 0 bridgehead atoms. The molecule has 0 atom stereocenters. The second-order valence-electron chi connectivity index (χ2n) is 4.82. The number of rotatable bonds is 4. The van der Waals surface area contributed by atoms with Gasteiger partial charge in [0.1, 0.15) is 5.82 Å². The van der Waals surface area contributed by atoms with E-state index in [4.69, 9.17) is 0 Å². The molecule has 0 radical (unpaired) electrons. The lowest BCUT2D eigenvalue weighted by Gasteiger charge is -2.10. The van der Waals surface area contributed by atoms with E-state index in [0.717, 1.165) is 5.56 Å². The van der Waals surface area contributed by atoms with Crippen LogP contribution in [0.1, 0.15) is 15.9 Å². The summed E-state index contributed by atoms with van der Waals surface area (Å²) in [5.41, 5.74) is 5.97. The molecule has 23 heavy (non-hydrogen) atoms. The Hall–Kier alpha value is -2.41. The summed E-state index contributed by atoms with van der Waals surface area (Å²) < 4.78 is 14.2. The van der Waals surface area contributed by atoms with Crippen LogP contribution in [0.3, 0.4) is 0 Å². The summed E-state index contributed by atoms with van der Waals surface area (Å²) >= 11 is 3.25. The molecule has 0 fully saturated rings. The summed E-state index contributed by atoms with van der Waals surface area (Å²) in [6.07, 6.45) is 0. The molecule has 2 aromatic carbocycles. The second-order valence-corrected chi connectivity index (χ2v) is 5.67. The molecule has 5 nitrogen and oxygen atoms in total. The summed E-state index contributed by atoms with van der Waals surface area (Å²) in [7, 11) is 0. The fraction of sp³-hybridized carbons (Fsp3) is 0.125. The Balaban J connectivity index is 1.83. The zero-order valence-electron chi connectivity index (χ0n) is 12.3. The van der Waals surface area contributed by atoms with E-state index in [0.29, 0.717) is 10.0 Å². The van der Waals surface area contributed by atoms with E-state index in [9.17, 15) is 14.0 Å². The molecular formula is C16H15BrFN3O2. The molecular weight excluding hydrogens is 365 g/mol. The van der Waals surface area contributed by atoms with Crippen molar-refractivity contribution in [3.8, 4) is 0 Å². The Labute approximate surface area is 141 Å². The van der Waals surface area contributed by atoms with E-state index in [1.165, 1.54) is 6.07 Å². The first kappa shape index (κ1) is 17.0. The number of nitrogens with one attached hydrogen (secondary N) is 3. The molecule has 2 amide bonds. The van der Waals surface area contributed by atoms with Gasteiger partial charge in [-0.3, -0.25) is 20.4 Å². The van der Waals surface area contributed by atoms with Crippen molar-refractivity contribution in [1.82, 2.24) is 10.9 Å². The minimum Gasteiger partial charge on any atom is -0.374 e. The molecule has 120 valence electrons. The largest absolute Gasteiger partial charge is 0.374 e. The van der Waals surface area contributed by atoms with Gasteiger partial charge in [0, 0.05) is 4.47 Å². The number of halogens is 2. The highest BCUT2D eigenvalue weighted by atomic mass is 79.9. The Kier molecular flexibility index (Phi) is 5.70. The van der Waals surface area contributed by atoms with Crippen molar-refractivity contribution >= 4 is 33.4 Å². The third-order valence-corrected chi connectivity index (χ3v) is 3.69. The summed E-state index contributed by atoms with van der Waals surface area (Å²) in [6.45, 7) is 1.60. The van der Waals surface area contributed by atoms with Gasteiger partial charge >= 0.3 is 0 Å². The number of hydrogen-bond acceptors (Lipinski definition) is 3. The lowest BCUT2D eigenvalue weighted by molar-refractivity contribution is -0.120. The number of aryl methyl sites for hydroxylation is 1. The van der Waals surface area contributed by atoms with Gasteiger partial charge in [0.2, 0.25) is 0 Å². The van der Waals surface area contributed by atoms with Crippen molar-refractivity contribution in [3.05, 3.63) is 63.9 Å². The lowest BCUT2D eigenvalue weighted by atomic mass is 10.2. The topological polar surface area (TPSA) is 70.2 Å². The number of carbonyl (C=O) groups excluding carboxylic acids is 2. The van der Waals surface area contributed by atoms with Crippen LogP contribution in [0, 0.1) is 12.7 Å². The zero-order chi connectivity index (χ0) is 16.8. The lowest BCUT2D eigenvalue weighted by Crippen LogP contribution is -2.44. The normalized spacial score (nSPS) is 10.0. The van der Waals surface area contributed by atoms with Crippen LogP contribution in [-0.4, -0.2) is 18.4 Å². The van der Waals surface area contributed by atoms with Crippen molar-refractivity contribution in [3.63, 3.8) is 0 Å². The van der Waals surface area contributed by atoms with Gasteiger partial charge in [-0.2, -0.15) is 0 Å². The first-order chi connectivity index (χ1) is 11.0. The molecule has 0 spiro atoms. The molecule has 0 heterocycles.